The first-order valence-corrected chi connectivity index (χ1v) is 5.96. The van der Waals surface area contributed by atoms with E-state index in [4.69, 9.17) is 0 Å². The van der Waals surface area contributed by atoms with E-state index in [0.29, 0.717) is 6.42 Å². The van der Waals surface area contributed by atoms with E-state index < -0.39 is 0 Å². The van der Waals surface area contributed by atoms with Crippen LogP contribution >= 0.6 is 0 Å². The highest BCUT2D eigenvalue weighted by Crippen LogP contribution is 2.26. The van der Waals surface area contributed by atoms with Crippen molar-refractivity contribution in [3.63, 3.8) is 0 Å². The molecule has 2 atom stereocenters. The predicted octanol–water partition coefficient (Wildman–Crippen LogP) is 2.69. The van der Waals surface area contributed by atoms with Crippen LogP contribution < -0.4 is 0 Å². The van der Waals surface area contributed by atoms with Gasteiger partial charge in [0.15, 0.2) is 0 Å². The lowest BCUT2D eigenvalue weighted by Crippen LogP contribution is -2.23. The van der Waals surface area contributed by atoms with Gasteiger partial charge in [0, 0.05) is 12.3 Å². The second-order valence-corrected chi connectivity index (χ2v) is 4.38. The van der Waals surface area contributed by atoms with E-state index in [2.05, 4.69) is 6.92 Å². The van der Waals surface area contributed by atoms with E-state index in [1.54, 1.807) is 0 Å². The average molecular weight is 198 g/mol. The number of ketones is 1. The maximum atomic E-state index is 11.3. The van der Waals surface area contributed by atoms with Crippen LogP contribution in [0.4, 0.5) is 0 Å². The van der Waals surface area contributed by atoms with Crippen molar-refractivity contribution in [2.75, 3.05) is 0 Å². The summed E-state index contributed by atoms with van der Waals surface area (Å²) in [7, 11) is 0. The molecule has 1 aliphatic rings. The zero-order chi connectivity index (χ0) is 10.4. The third kappa shape index (κ3) is 3.41. The van der Waals surface area contributed by atoms with Gasteiger partial charge in [0.05, 0.1) is 6.10 Å². The Bertz CT molecular complexity index is 177. The van der Waals surface area contributed by atoms with Crippen LogP contribution in [0.15, 0.2) is 0 Å². The highest BCUT2D eigenvalue weighted by atomic mass is 16.3. The van der Waals surface area contributed by atoms with Crippen molar-refractivity contribution in [3.8, 4) is 0 Å². The fourth-order valence-corrected chi connectivity index (χ4v) is 2.23. The normalized spacial score (nSPS) is 24.1. The molecule has 1 N–H and O–H groups in total. The van der Waals surface area contributed by atoms with Gasteiger partial charge in [0.2, 0.25) is 0 Å². The molecular formula is C12H22O2. The molecule has 0 amide bonds. The minimum absolute atomic E-state index is 0.0309. The average Bonchev–Trinajstić information content (AvgIpc) is 2.59. The molecule has 0 aromatic heterocycles. The molecule has 0 saturated heterocycles. The fourth-order valence-electron chi connectivity index (χ4n) is 2.23. The van der Waals surface area contributed by atoms with Gasteiger partial charge in [-0.1, -0.05) is 32.6 Å². The first kappa shape index (κ1) is 11.7. The van der Waals surface area contributed by atoms with Gasteiger partial charge in [-0.15, -0.1) is 0 Å². The third-order valence-electron chi connectivity index (χ3n) is 3.17. The quantitative estimate of drug-likeness (QED) is 0.666. The van der Waals surface area contributed by atoms with E-state index in [-0.39, 0.29) is 17.8 Å². The van der Waals surface area contributed by atoms with E-state index in [1.807, 2.05) is 0 Å². The van der Waals surface area contributed by atoms with E-state index >= 15 is 0 Å². The lowest BCUT2D eigenvalue weighted by Gasteiger charge is -2.15. The van der Waals surface area contributed by atoms with Crippen LogP contribution in [-0.2, 0) is 4.79 Å². The number of carbonyl (C=O) groups is 1. The smallest absolute Gasteiger partial charge is 0.138 e. The van der Waals surface area contributed by atoms with Crippen molar-refractivity contribution >= 4 is 5.78 Å². The van der Waals surface area contributed by atoms with Gasteiger partial charge in [-0.2, -0.15) is 0 Å². The summed E-state index contributed by atoms with van der Waals surface area (Å²) in [6, 6.07) is 0. The van der Waals surface area contributed by atoms with Gasteiger partial charge in [0.25, 0.3) is 0 Å². The summed E-state index contributed by atoms with van der Waals surface area (Å²) in [4.78, 5) is 11.3. The van der Waals surface area contributed by atoms with Crippen LogP contribution in [-0.4, -0.2) is 17.0 Å². The molecule has 0 heterocycles. The van der Waals surface area contributed by atoms with Gasteiger partial charge in [-0.05, 0) is 19.3 Å². The SMILES string of the molecule is CCCCCCC(O)C1CCCC1=O. The number of aliphatic hydroxyl groups excluding tert-OH is 1. The molecule has 1 aliphatic carbocycles. The predicted molar refractivity (Wildman–Crippen MR) is 57.1 cm³/mol. The van der Waals surface area contributed by atoms with Crippen LogP contribution in [0.25, 0.3) is 0 Å². The highest BCUT2D eigenvalue weighted by Gasteiger charge is 2.30. The minimum Gasteiger partial charge on any atom is -0.392 e. The maximum absolute atomic E-state index is 11.3. The van der Waals surface area contributed by atoms with Crippen molar-refractivity contribution in [2.45, 2.75) is 64.4 Å². The van der Waals surface area contributed by atoms with Crippen LogP contribution in [0.2, 0.25) is 0 Å². The molecule has 82 valence electrons. The second kappa shape index (κ2) is 6.18. The van der Waals surface area contributed by atoms with Gasteiger partial charge >= 0.3 is 0 Å². The highest BCUT2D eigenvalue weighted by molar-refractivity contribution is 5.83. The number of rotatable bonds is 6. The van der Waals surface area contributed by atoms with Gasteiger partial charge in [0.1, 0.15) is 5.78 Å². The van der Waals surface area contributed by atoms with E-state index in [0.717, 1.165) is 25.7 Å². The Labute approximate surface area is 86.7 Å². The molecule has 0 aromatic carbocycles. The van der Waals surface area contributed by atoms with Crippen molar-refractivity contribution in [1.82, 2.24) is 0 Å². The molecule has 1 saturated carbocycles. The summed E-state index contributed by atoms with van der Waals surface area (Å²) >= 11 is 0. The van der Waals surface area contributed by atoms with E-state index in [1.165, 1.54) is 19.3 Å². The second-order valence-electron chi connectivity index (χ2n) is 4.38. The molecule has 0 spiro atoms. The Balaban J connectivity index is 2.14. The Morgan fingerprint density at radius 1 is 1.43 bits per heavy atom. The lowest BCUT2D eigenvalue weighted by atomic mass is 9.95. The molecule has 2 unspecified atom stereocenters. The lowest BCUT2D eigenvalue weighted by molar-refractivity contribution is -0.123. The number of carbonyl (C=O) groups excluding carboxylic acids is 1. The molecule has 14 heavy (non-hydrogen) atoms. The Morgan fingerprint density at radius 2 is 2.21 bits per heavy atom. The van der Waals surface area contributed by atoms with E-state index in [9.17, 15) is 9.90 Å². The van der Waals surface area contributed by atoms with Gasteiger partial charge < -0.3 is 5.11 Å². The Morgan fingerprint density at radius 3 is 2.79 bits per heavy atom. The maximum Gasteiger partial charge on any atom is 0.138 e. The zero-order valence-corrected chi connectivity index (χ0v) is 9.17. The van der Waals surface area contributed by atoms with Crippen LogP contribution in [0.3, 0.4) is 0 Å². The standard InChI is InChI=1S/C12H22O2/c1-2-3-4-5-8-11(13)10-7-6-9-12(10)14/h10-11,13H,2-9H2,1H3. The van der Waals surface area contributed by atoms with Crippen LogP contribution in [0, 0.1) is 5.92 Å². The molecule has 0 aliphatic heterocycles. The molecule has 1 fully saturated rings. The fraction of sp³-hybridized carbons (Fsp3) is 0.917. The van der Waals surface area contributed by atoms with Crippen molar-refractivity contribution in [3.05, 3.63) is 0 Å². The van der Waals surface area contributed by atoms with Crippen molar-refractivity contribution in [2.24, 2.45) is 5.92 Å². The summed E-state index contributed by atoms with van der Waals surface area (Å²) in [5.41, 5.74) is 0. The summed E-state index contributed by atoms with van der Waals surface area (Å²) in [5, 5.41) is 9.80. The summed E-state index contributed by atoms with van der Waals surface area (Å²) in [6.07, 6.45) is 7.76. The monoisotopic (exact) mass is 198 g/mol. The zero-order valence-electron chi connectivity index (χ0n) is 9.17. The molecule has 0 aromatic rings. The van der Waals surface area contributed by atoms with Crippen LogP contribution in [0.5, 0.6) is 0 Å². The van der Waals surface area contributed by atoms with Crippen LogP contribution in [0.1, 0.15) is 58.3 Å². The van der Waals surface area contributed by atoms with Crippen molar-refractivity contribution < 1.29 is 9.90 Å². The molecule has 0 bridgehead atoms. The van der Waals surface area contributed by atoms with Crippen molar-refractivity contribution in [1.29, 1.82) is 0 Å². The third-order valence-corrected chi connectivity index (χ3v) is 3.17. The first-order chi connectivity index (χ1) is 6.75. The largest absolute Gasteiger partial charge is 0.392 e. The number of unbranched alkanes of at least 4 members (excludes halogenated alkanes) is 3. The molecular weight excluding hydrogens is 176 g/mol. The molecule has 2 heteroatoms. The summed E-state index contributed by atoms with van der Waals surface area (Å²) in [5.74, 6) is 0.254. The number of hydrogen-bond donors (Lipinski definition) is 1. The number of aliphatic hydroxyl groups is 1. The van der Waals surface area contributed by atoms with Gasteiger partial charge in [-0.25, -0.2) is 0 Å². The number of Topliss-reactive ketones (excluding diaryl/α,β-unsaturated/α-hetero) is 1. The topological polar surface area (TPSA) is 37.3 Å². The number of hydrogen-bond acceptors (Lipinski definition) is 2. The Hall–Kier alpha value is -0.370. The molecule has 0 radical (unpaired) electrons. The molecule has 2 nitrogen and oxygen atoms in total. The summed E-state index contributed by atoms with van der Waals surface area (Å²) < 4.78 is 0. The molecule has 1 rings (SSSR count). The Kier molecular flexibility index (Phi) is 5.16. The summed E-state index contributed by atoms with van der Waals surface area (Å²) in [6.45, 7) is 2.18. The van der Waals surface area contributed by atoms with Gasteiger partial charge in [-0.3, -0.25) is 4.79 Å². The minimum atomic E-state index is -0.359. The first-order valence-electron chi connectivity index (χ1n) is 5.96.